The Morgan fingerprint density at radius 1 is 1.44 bits per heavy atom. The van der Waals surface area contributed by atoms with Gasteiger partial charge in [0.1, 0.15) is 5.65 Å². The van der Waals surface area contributed by atoms with Crippen molar-refractivity contribution >= 4 is 17.2 Å². The average Bonchev–Trinajstić information content (AvgIpc) is 2.37. The van der Waals surface area contributed by atoms with Gasteiger partial charge in [-0.05, 0) is 18.6 Å². The van der Waals surface area contributed by atoms with E-state index < -0.39 is 0 Å². The number of aromatic nitrogens is 2. The number of halogens is 1. The molecule has 0 aliphatic carbocycles. The molecular weight excluding hydrogens is 256 g/mol. The van der Waals surface area contributed by atoms with E-state index in [2.05, 4.69) is 4.98 Å². The summed E-state index contributed by atoms with van der Waals surface area (Å²) in [5.74, 6) is 0.301. The van der Waals surface area contributed by atoms with Crippen LogP contribution in [0.3, 0.4) is 0 Å². The topological polar surface area (TPSA) is 52.8 Å². The number of hydrogen-bond acceptors (Lipinski definition) is 4. The molecule has 0 atom stereocenters. The molecule has 2 aromatic rings. The molecule has 0 unspecified atom stereocenters. The molecule has 0 aliphatic heterocycles. The summed E-state index contributed by atoms with van der Waals surface area (Å²) in [6.07, 6.45) is 2.32. The van der Waals surface area contributed by atoms with E-state index >= 15 is 0 Å². The lowest BCUT2D eigenvalue weighted by atomic mass is 10.4. The fourth-order valence-corrected chi connectivity index (χ4v) is 1.71. The Kier molecular flexibility index (Phi) is 3.72. The first-order chi connectivity index (χ1) is 8.67. The van der Waals surface area contributed by atoms with Gasteiger partial charge < -0.3 is 9.47 Å². The van der Waals surface area contributed by atoms with Crippen molar-refractivity contribution in [3.63, 3.8) is 0 Å². The monoisotopic (exact) mass is 268 g/mol. The molecule has 2 heterocycles. The summed E-state index contributed by atoms with van der Waals surface area (Å²) < 4.78 is 11.8. The van der Waals surface area contributed by atoms with Crippen LogP contribution < -0.4 is 15.0 Å². The van der Waals surface area contributed by atoms with E-state index in [1.54, 1.807) is 12.1 Å². The van der Waals surface area contributed by atoms with Crippen LogP contribution in [0.25, 0.3) is 5.65 Å². The number of rotatable bonds is 4. The third kappa shape index (κ3) is 2.26. The standard InChI is InChI=1S/C12H13ClN2O3/c1-3-6-18-11-10(17-2)12(16)15-7-8(13)4-5-9(15)14-11/h4-5,7H,3,6H2,1-2H3. The van der Waals surface area contributed by atoms with Crippen LogP contribution in [0.2, 0.25) is 5.02 Å². The van der Waals surface area contributed by atoms with Crippen molar-refractivity contribution < 1.29 is 9.47 Å². The van der Waals surface area contributed by atoms with Gasteiger partial charge in [0, 0.05) is 6.20 Å². The second-order valence-corrected chi connectivity index (χ2v) is 4.12. The highest BCUT2D eigenvalue weighted by Gasteiger charge is 2.14. The van der Waals surface area contributed by atoms with Crippen molar-refractivity contribution in [2.45, 2.75) is 13.3 Å². The van der Waals surface area contributed by atoms with Gasteiger partial charge in [0.25, 0.3) is 5.88 Å². The summed E-state index contributed by atoms with van der Waals surface area (Å²) in [4.78, 5) is 16.4. The van der Waals surface area contributed by atoms with Gasteiger partial charge >= 0.3 is 5.56 Å². The fourth-order valence-electron chi connectivity index (χ4n) is 1.55. The maximum absolute atomic E-state index is 12.2. The molecule has 0 saturated heterocycles. The molecule has 0 spiro atoms. The number of hydrogen-bond donors (Lipinski definition) is 0. The van der Waals surface area contributed by atoms with Gasteiger partial charge in [-0.1, -0.05) is 18.5 Å². The van der Waals surface area contributed by atoms with Gasteiger partial charge in [-0.2, -0.15) is 4.98 Å². The van der Waals surface area contributed by atoms with Gasteiger partial charge in [0.05, 0.1) is 18.7 Å². The van der Waals surface area contributed by atoms with Gasteiger partial charge in [0.2, 0.25) is 5.75 Å². The lowest BCUT2D eigenvalue weighted by molar-refractivity contribution is 0.280. The maximum Gasteiger partial charge on any atom is 0.304 e. The van der Waals surface area contributed by atoms with Gasteiger partial charge in [0.15, 0.2) is 0 Å². The third-order valence-corrected chi connectivity index (χ3v) is 2.58. The van der Waals surface area contributed by atoms with Crippen molar-refractivity contribution in [1.82, 2.24) is 9.38 Å². The summed E-state index contributed by atoms with van der Waals surface area (Å²) >= 11 is 5.85. The molecule has 0 N–H and O–H groups in total. The van der Waals surface area contributed by atoms with Crippen molar-refractivity contribution in [1.29, 1.82) is 0 Å². The molecule has 5 nitrogen and oxygen atoms in total. The predicted molar refractivity (Wildman–Crippen MR) is 68.8 cm³/mol. The van der Waals surface area contributed by atoms with Crippen molar-refractivity contribution in [2.24, 2.45) is 0 Å². The summed E-state index contributed by atoms with van der Waals surface area (Å²) in [7, 11) is 1.41. The third-order valence-electron chi connectivity index (χ3n) is 2.36. The van der Waals surface area contributed by atoms with E-state index in [1.807, 2.05) is 6.92 Å². The zero-order chi connectivity index (χ0) is 13.1. The lowest BCUT2D eigenvalue weighted by Crippen LogP contribution is -2.18. The molecule has 2 rings (SSSR count). The largest absolute Gasteiger partial charge is 0.487 e. The second kappa shape index (κ2) is 5.27. The number of pyridine rings is 1. The minimum atomic E-state index is -0.337. The highest BCUT2D eigenvalue weighted by molar-refractivity contribution is 6.30. The smallest absolute Gasteiger partial charge is 0.304 e. The van der Waals surface area contributed by atoms with Crippen molar-refractivity contribution in [2.75, 3.05) is 13.7 Å². The molecule has 0 radical (unpaired) electrons. The summed E-state index contributed by atoms with van der Waals surface area (Å²) in [6, 6.07) is 3.32. The molecule has 0 fully saturated rings. The zero-order valence-corrected chi connectivity index (χ0v) is 10.9. The van der Waals surface area contributed by atoms with E-state index in [-0.39, 0.29) is 17.2 Å². The molecule has 0 amide bonds. The number of methoxy groups -OCH3 is 1. The van der Waals surface area contributed by atoms with E-state index in [0.29, 0.717) is 17.3 Å². The van der Waals surface area contributed by atoms with Crippen LogP contribution in [-0.4, -0.2) is 23.1 Å². The lowest BCUT2D eigenvalue weighted by Gasteiger charge is -2.10. The van der Waals surface area contributed by atoms with Gasteiger partial charge in [-0.3, -0.25) is 9.20 Å². The average molecular weight is 269 g/mol. The van der Waals surface area contributed by atoms with Crippen LogP contribution in [0, 0.1) is 0 Å². The van der Waals surface area contributed by atoms with Crippen molar-refractivity contribution in [3.8, 4) is 11.6 Å². The molecule has 0 aromatic carbocycles. The van der Waals surface area contributed by atoms with Crippen LogP contribution in [0.5, 0.6) is 11.6 Å². The number of nitrogens with zero attached hydrogens (tertiary/aromatic N) is 2. The van der Waals surface area contributed by atoms with E-state index in [0.717, 1.165) is 6.42 Å². The van der Waals surface area contributed by atoms with E-state index in [1.165, 1.54) is 17.7 Å². The molecule has 2 aromatic heterocycles. The molecule has 0 bridgehead atoms. The first-order valence-corrected chi connectivity index (χ1v) is 5.94. The van der Waals surface area contributed by atoms with Crippen LogP contribution in [0.15, 0.2) is 23.1 Å². The first kappa shape index (κ1) is 12.7. The highest BCUT2D eigenvalue weighted by Crippen LogP contribution is 2.21. The molecule has 0 saturated carbocycles. The summed E-state index contributed by atoms with van der Waals surface area (Å²) in [6.45, 7) is 2.45. The highest BCUT2D eigenvalue weighted by atomic mass is 35.5. The molecule has 6 heteroatoms. The predicted octanol–water partition coefficient (Wildman–Crippen LogP) is 2.15. The zero-order valence-electron chi connectivity index (χ0n) is 10.1. The SMILES string of the molecule is CCCOc1nc2ccc(Cl)cn2c(=O)c1OC. The quantitative estimate of drug-likeness (QED) is 0.853. The van der Waals surface area contributed by atoms with E-state index in [9.17, 15) is 4.79 Å². The summed E-state index contributed by atoms with van der Waals surface area (Å²) in [5.41, 5.74) is 0.132. The van der Waals surface area contributed by atoms with Crippen molar-refractivity contribution in [3.05, 3.63) is 33.7 Å². The van der Waals surface area contributed by atoms with Gasteiger partial charge in [-0.15, -0.1) is 0 Å². The number of fused-ring (bicyclic) bond motifs is 1. The first-order valence-electron chi connectivity index (χ1n) is 5.56. The van der Waals surface area contributed by atoms with E-state index in [4.69, 9.17) is 21.1 Å². The Hall–Kier alpha value is -1.75. The normalized spacial score (nSPS) is 10.6. The Balaban J connectivity index is 2.65. The molecule has 96 valence electrons. The van der Waals surface area contributed by atoms with Crippen LogP contribution >= 0.6 is 11.6 Å². The minimum Gasteiger partial charge on any atom is -0.487 e. The van der Waals surface area contributed by atoms with Crippen LogP contribution in [-0.2, 0) is 0 Å². The molecule has 0 aliphatic rings. The Labute approximate surface area is 109 Å². The van der Waals surface area contributed by atoms with Gasteiger partial charge in [-0.25, -0.2) is 0 Å². The Bertz CT molecular complexity index is 624. The van der Waals surface area contributed by atoms with Crippen LogP contribution in [0.1, 0.15) is 13.3 Å². The van der Waals surface area contributed by atoms with Crippen LogP contribution in [0.4, 0.5) is 0 Å². The molecular formula is C12H13ClN2O3. The second-order valence-electron chi connectivity index (χ2n) is 3.68. The Morgan fingerprint density at radius 3 is 2.89 bits per heavy atom. The maximum atomic E-state index is 12.2. The molecule has 18 heavy (non-hydrogen) atoms. The summed E-state index contributed by atoms with van der Waals surface area (Å²) in [5, 5.41) is 0.454. The fraction of sp³-hybridized carbons (Fsp3) is 0.333. The minimum absolute atomic E-state index is 0.0863. The number of ether oxygens (including phenoxy) is 2. The Morgan fingerprint density at radius 2 is 2.22 bits per heavy atom.